The number of nitrogens with zero attached hydrogens (tertiary/aromatic N) is 1. The lowest BCUT2D eigenvalue weighted by atomic mass is 9.75. The lowest BCUT2D eigenvalue weighted by Crippen LogP contribution is -2.56. The highest BCUT2D eigenvalue weighted by Crippen LogP contribution is 2.35. The lowest BCUT2D eigenvalue weighted by Gasteiger charge is -2.47. The fourth-order valence-corrected chi connectivity index (χ4v) is 2.79. The molecule has 1 unspecified atom stereocenters. The minimum atomic E-state index is 0.427. The highest BCUT2D eigenvalue weighted by molar-refractivity contribution is 5.19. The summed E-state index contributed by atoms with van der Waals surface area (Å²) in [5.74, 6) is 0.588. The van der Waals surface area contributed by atoms with Gasteiger partial charge in [0.15, 0.2) is 0 Å². The highest BCUT2D eigenvalue weighted by atomic mass is 15.2. The zero-order chi connectivity index (χ0) is 13.0. The first-order chi connectivity index (χ1) is 8.64. The van der Waals surface area contributed by atoms with Gasteiger partial charge in [-0.15, -0.1) is 0 Å². The molecule has 1 saturated carbocycles. The van der Waals surface area contributed by atoms with Gasteiger partial charge >= 0.3 is 0 Å². The molecule has 0 aromatic heterocycles. The number of hydrogen-bond donors (Lipinski definition) is 1. The van der Waals surface area contributed by atoms with Crippen molar-refractivity contribution in [2.45, 2.75) is 37.6 Å². The Labute approximate surface area is 111 Å². The number of nitrogens with one attached hydrogen (secondary N) is 1. The van der Waals surface area contributed by atoms with E-state index in [1.165, 1.54) is 24.8 Å². The Kier molecular flexibility index (Phi) is 4.41. The van der Waals surface area contributed by atoms with Gasteiger partial charge in [0, 0.05) is 18.6 Å². The topological polar surface area (TPSA) is 15.3 Å². The van der Waals surface area contributed by atoms with E-state index in [0.29, 0.717) is 11.5 Å². The molecule has 1 fully saturated rings. The number of benzene rings is 1. The first kappa shape index (κ1) is 13.6. The minimum Gasteiger partial charge on any atom is -0.314 e. The molecule has 0 aliphatic heterocycles. The van der Waals surface area contributed by atoms with Crippen molar-refractivity contribution in [3.8, 4) is 0 Å². The Balaban J connectivity index is 1.79. The monoisotopic (exact) mass is 246 g/mol. The second-order valence-corrected chi connectivity index (χ2v) is 5.91. The van der Waals surface area contributed by atoms with Crippen LogP contribution in [0.15, 0.2) is 30.3 Å². The van der Waals surface area contributed by atoms with Crippen molar-refractivity contribution in [3.63, 3.8) is 0 Å². The van der Waals surface area contributed by atoms with Crippen molar-refractivity contribution < 1.29 is 0 Å². The molecular formula is C16H26N2. The van der Waals surface area contributed by atoms with E-state index in [2.05, 4.69) is 61.6 Å². The SMILES string of the molecule is CC(CNCC1(N(C)C)CCC1)c1ccccc1. The molecule has 2 nitrogen and oxygen atoms in total. The molecule has 0 saturated heterocycles. The molecule has 100 valence electrons. The predicted molar refractivity (Wildman–Crippen MR) is 78.0 cm³/mol. The maximum absolute atomic E-state index is 3.67. The molecule has 1 N–H and O–H groups in total. The summed E-state index contributed by atoms with van der Waals surface area (Å²) in [6.45, 7) is 4.49. The summed E-state index contributed by atoms with van der Waals surface area (Å²) in [4.78, 5) is 2.40. The van der Waals surface area contributed by atoms with Crippen molar-refractivity contribution in [2.24, 2.45) is 0 Å². The van der Waals surface area contributed by atoms with Crippen LogP contribution in [0.4, 0.5) is 0 Å². The van der Waals surface area contributed by atoms with Crippen LogP contribution in [0.5, 0.6) is 0 Å². The predicted octanol–water partition coefficient (Wildman–Crippen LogP) is 2.86. The molecule has 0 heterocycles. The van der Waals surface area contributed by atoms with Gasteiger partial charge in [-0.3, -0.25) is 0 Å². The van der Waals surface area contributed by atoms with E-state index in [0.717, 1.165) is 13.1 Å². The molecule has 1 aliphatic carbocycles. The molecule has 1 aliphatic rings. The van der Waals surface area contributed by atoms with Crippen molar-refractivity contribution >= 4 is 0 Å². The van der Waals surface area contributed by atoms with Gasteiger partial charge < -0.3 is 10.2 Å². The maximum atomic E-state index is 3.67. The first-order valence-electron chi connectivity index (χ1n) is 7.07. The second-order valence-electron chi connectivity index (χ2n) is 5.91. The van der Waals surface area contributed by atoms with E-state index in [9.17, 15) is 0 Å². The van der Waals surface area contributed by atoms with E-state index >= 15 is 0 Å². The van der Waals surface area contributed by atoms with E-state index in [-0.39, 0.29) is 0 Å². The average molecular weight is 246 g/mol. The van der Waals surface area contributed by atoms with Crippen LogP contribution in [0.25, 0.3) is 0 Å². The smallest absolute Gasteiger partial charge is 0.0327 e. The molecule has 0 spiro atoms. The Morgan fingerprint density at radius 3 is 2.39 bits per heavy atom. The van der Waals surface area contributed by atoms with Crippen LogP contribution in [-0.4, -0.2) is 37.6 Å². The fraction of sp³-hybridized carbons (Fsp3) is 0.625. The van der Waals surface area contributed by atoms with Gasteiger partial charge in [-0.05, 0) is 44.8 Å². The molecule has 1 atom stereocenters. The molecule has 2 rings (SSSR count). The summed E-state index contributed by atoms with van der Waals surface area (Å²) >= 11 is 0. The van der Waals surface area contributed by atoms with E-state index in [1.54, 1.807) is 0 Å². The number of rotatable bonds is 6. The third-order valence-corrected chi connectivity index (χ3v) is 4.51. The van der Waals surface area contributed by atoms with E-state index in [1.807, 2.05) is 0 Å². The largest absolute Gasteiger partial charge is 0.314 e. The molecule has 0 bridgehead atoms. The van der Waals surface area contributed by atoms with Crippen LogP contribution in [0.2, 0.25) is 0 Å². The molecule has 2 heteroatoms. The van der Waals surface area contributed by atoms with Gasteiger partial charge in [-0.1, -0.05) is 37.3 Å². The van der Waals surface area contributed by atoms with E-state index < -0.39 is 0 Å². The summed E-state index contributed by atoms with van der Waals surface area (Å²) in [7, 11) is 4.42. The maximum Gasteiger partial charge on any atom is 0.0327 e. The Morgan fingerprint density at radius 2 is 1.89 bits per heavy atom. The molecular weight excluding hydrogens is 220 g/mol. The number of hydrogen-bond acceptors (Lipinski definition) is 2. The Hall–Kier alpha value is -0.860. The van der Waals surface area contributed by atoms with Gasteiger partial charge in [0.25, 0.3) is 0 Å². The Bertz CT molecular complexity index is 355. The third kappa shape index (κ3) is 2.93. The quantitative estimate of drug-likeness (QED) is 0.830. The first-order valence-corrected chi connectivity index (χ1v) is 7.07. The molecule has 1 aromatic carbocycles. The molecule has 0 amide bonds. The van der Waals surface area contributed by atoms with Crippen LogP contribution >= 0.6 is 0 Å². The van der Waals surface area contributed by atoms with Crippen LogP contribution in [0.3, 0.4) is 0 Å². The summed E-state index contributed by atoms with van der Waals surface area (Å²) in [5.41, 5.74) is 1.86. The summed E-state index contributed by atoms with van der Waals surface area (Å²) in [5, 5.41) is 3.67. The number of likely N-dealkylation sites (N-methyl/N-ethyl adjacent to an activating group) is 1. The van der Waals surface area contributed by atoms with Crippen molar-refractivity contribution in [1.29, 1.82) is 0 Å². The standard InChI is InChI=1S/C16H26N2/c1-14(15-8-5-4-6-9-15)12-17-13-16(18(2)3)10-7-11-16/h4-6,8-9,14,17H,7,10-13H2,1-3H3. The summed E-state index contributed by atoms with van der Waals surface area (Å²) in [6.07, 6.45) is 4.06. The van der Waals surface area contributed by atoms with E-state index in [4.69, 9.17) is 0 Å². The van der Waals surface area contributed by atoms with Crippen LogP contribution in [0.1, 0.15) is 37.7 Å². The normalized spacial score (nSPS) is 19.6. The highest BCUT2D eigenvalue weighted by Gasteiger charge is 2.38. The zero-order valence-corrected chi connectivity index (χ0v) is 11.9. The van der Waals surface area contributed by atoms with Gasteiger partial charge in [0.2, 0.25) is 0 Å². The molecule has 18 heavy (non-hydrogen) atoms. The van der Waals surface area contributed by atoms with Crippen LogP contribution < -0.4 is 5.32 Å². The molecule has 0 radical (unpaired) electrons. The van der Waals surface area contributed by atoms with Crippen LogP contribution in [-0.2, 0) is 0 Å². The summed E-state index contributed by atoms with van der Waals surface area (Å²) < 4.78 is 0. The van der Waals surface area contributed by atoms with Gasteiger partial charge in [0.05, 0.1) is 0 Å². The van der Waals surface area contributed by atoms with Gasteiger partial charge in [0.1, 0.15) is 0 Å². The van der Waals surface area contributed by atoms with Gasteiger partial charge in [-0.25, -0.2) is 0 Å². The fourth-order valence-electron chi connectivity index (χ4n) is 2.79. The van der Waals surface area contributed by atoms with Crippen LogP contribution in [0, 0.1) is 0 Å². The van der Waals surface area contributed by atoms with Crippen molar-refractivity contribution in [3.05, 3.63) is 35.9 Å². The van der Waals surface area contributed by atoms with Gasteiger partial charge in [-0.2, -0.15) is 0 Å². The third-order valence-electron chi connectivity index (χ3n) is 4.51. The molecule has 1 aromatic rings. The van der Waals surface area contributed by atoms with Crippen molar-refractivity contribution in [1.82, 2.24) is 10.2 Å². The van der Waals surface area contributed by atoms with Crippen molar-refractivity contribution in [2.75, 3.05) is 27.2 Å². The zero-order valence-electron chi connectivity index (χ0n) is 11.9. The average Bonchev–Trinajstić information content (AvgIpc) is 2.33. The lowest BCUT2D eigenvalue weighted by molar-refractivity contribution is 0.0600. The summed E-state index contributed by atoms with van der Waals surface area (Å²) in [6, 6.07) is 10.8. The Morgan fingerprint density at radius 1 is 1.22 bits per heavy atom. The minimum absolute atomic E-state index is 0.427. The second kappa shape index (κ2) is 5.85.